The Morgan fingerprint density at radius 2 is 0.525 bits per heavy atom. The molecule has 0 fully saturated rings. The third kappa shape index (κ3) is 11.3. The Labute approximate surface area is 694 Å². The summed E-state index contributed by atoms with van der Waals surface area (Å²) >= 11 is 0. The number of aromatic nitrogens is 4. The number of nitriles is 2. The molecular formula is C112H68N6O2. The summed E-state index contributed by atoms with van der Waals surface area (Å²) in [5, 5.41) is 22.8. The second kappa shape index (κ2) is 28.9. The van der Waals surface area contributed by atoms with Crippen molar-refractivity contribution in [3.63, 3.8) is 0 Å². The number of para-hydroxylation sites is 4. The van der Waals surface area contributed by atoms with Gasteiger partial charge in [-0.2, -0.15) is 10.5 Å². The molecule has 120 heavy (non-hydrogen) atoms. The van der Waals surface area contributed by atoms with Crippen LogP contribution in [0, 0.1) is 22.7 Å². The van der Waals surface area contributed by atoms with E-state index in [1.54, 1.807) is 0 Å². The normalized spacial score (nSPS) is 12.8. The summed E-state index contributed by atoms with van der Waals surface area (Å²) in [6, 6.07) is 148. The molecule has 2 aromatic heterocycles. The molecule has 0 atom stereocenters. The molecular weight excluding hydrogens is 1460 g/mol. The van der Waals surface area contributed by atoms with Crippen molar-refractivity contribution in [2.45, 2.75) is 10.8 Å². The number of fused-ring (bicyclic) bond motifs is 19. The van der Waals surface area contributed by atoms with E-state index in [1.165, 1.54) is 22.3 Å². The van der Waals surface area contributed by atoms with Crippen LogP contribution in [-0.4, -0.2) is 19.9 Å². The van der Waals surface area contributed by atoms with Crippen LogP contribution >= 0.6 is 0 Å². The van der Waals surface area contributed by atoms with Crippen molar-refractivity contribution >= 4 is 10.8 Å². The van der Waals surface area contributed by atoms with Crippen molar-refractivity contribution in [2.75, 3.05) is 0 Å². The molecule has 0 radical (unpaired) electrons. The van der Waals surface area contributed by atoms with Crippen LogP contribution in [0.15, 0.2) is 413 Å². The van der Waals surface area contributed by atoms with E-state index in [2.05, 4.69) is 303 Å². The minimum atomic E-state index is -0.677. The van der Waals surface area contributed by atoms with Gasteiger partial charge in [-0.25, -0.2) is 19.9 Å². The van der Waals surface area contributed by atoms with Gasteiger partial charge in [-0.3, -0.25) is 0 Å². The summed E-state index contributed by atoms with van der Waals surface area (Å²) in [6.07, 6.45) is 0. The van der Waals surface area contributed by atoms with Crippen molar-refractivity contribution in [3.8, 4) is 170 Å². The quantitative estimate of drug-likeness (QED) is 0.133. The van der Waals surface area contributed by atoms with Gasteiger partial charge in [0.05, 0.1) is 56.9 Å². The fraction of sp³-hybridized carbons (Fsp3) is 0.0179. The highest BCUT2D eigenvalue weighted by Crippen LogP contribution is 2.67. The molecule has 4 aliphatic rings. The Morgan fingerprint density at radius 3 is 1.00 bits per heavy atom. The molecule has 8 heteroatoms. The Morgan fingerprint density at radius 1 is 0.200 bits per heavy atom. The van der Waals surface area contributed by atoms with Gasteiger partial charge < -0.3 is 9.47 Å². The predicted molar refractivity (Wildman–Crippen MR) is 480 cm³/mol. The van der Waals surface area contributed by atoms with Crippen molar-refractivity contribution in [2.24, 2.45) is 0 Å². The molecule has 8 nitrogen and oxygen atoms in total. The SMILES string of the molecule is N#Cc1ccc(-c2cccc3c2-c2c(-c4cccc(-c5cc(-c6ccccc6)nc(-c6ccccc6)n5)c4)cccc2C32c3ccccc3Oc3ccccc32)c2ccccc12.N#Cc1cccc2c1-c1c(-c3ccc(-c4cccc(-c5cc(-c6ccccc6)nc(-c6ccccc6)n5)c4)cc3)cccc1C21c2ccccc2Oc2ccccc21. The fourth-order valence-corrected chi connectivity index (χ4v) is 19.1. The summed E-state index contributed by atoms with van der Waals surface area (Å²) in [5.74, 6) is 4.72. The molecule has 0 saturated carbocycles. The molecule has 558 valence electrons. The van der Waals surface area contributed by atoms with Crippen LogP contribution in [0.5, 0.6) is 23.0 Å². The van der Waals surface area contributed by atoms with Gasteiger partial charge in [0.2, 0.25) is 0 Å². The van der Waals surface area contributed by atoms with Crippen molar-refractivity contribution in [3.05, 3.63) is 468 Å². The molecule has 0 N–H and O–H groups in total. The average molecular weight is 1530 g/mol. The number of hydrogen-bond donors (Lipinski definition) is 0. The van der Waals surface area contributed by atoms with Gasteiger partial charge in [-0.15, -0.1) is 0 Å². The van der Waals surface area contributed by atoms with E-state index < -0.39 is 10.8 Å². The zero-order valence-electron chi connectivity index (χ0n) is 64.8. The zero-order valence-corrected chi connectivity index (χ0v) is 64.8. The standard InChI is InChI=1S/C58H35N3O.C54H33N3O/c59-36-41-32-33-45(44-23-8-7-22-42(41)44)46-25-15-29-50-56(46)55-43(24-14-28-49(55)58(50)47-26-9-11-30-53(47)62-54-31-12-10-27-48(54)58)39-20-13-21-40(34-39)52-35-51(37-16-3-1-4-17-37)60-57(61-52)38-18-5-2-6-19-38;55-34-41-20-12-24-45-51(41)52-42(21-13-25-46(52)54(45)43-22-7-9-26-49(43)58-50-27-10-8-23-44(50)54)36-30-28-35(29-31-36)39-18-11-19-40(32-39)48-33-47(37-14-3-1-4-15-37)56-53(57-48)38-16-5-2-6-17-38/h1-35H;1-33H. The van der Waals surface area contributed by atoms with Gasteiger partial charge in [-0.05, 0) is 150 Å². The fourth-order valence-electron chi connectivity index (χ4n) is 19.1. The van der Waals surface area contributed by atoms with Crippen LogP contribution in [0.25, 0.3) is 145 Å². The van der Waals surface area contributed by atoms with Crippen LogP contribution in [0.2, 0.25) is 0 Å². The minimum Gasteiger partial charge on any atom is -0.457 e. The highest BCUT2D eigenvalue weighted by Gasteiger charge is 2.54. The summed E-state index contributed by atoms with van der Waals surface area (Å²) < 4.78 is 13.2. The molecule has 23 rings (SSSR count). The van der Waals surface area contributed by atoms with Crippen LogP contribution in [0.4, 0.5) is 0 Å². The minimum absolute atomic E-state index is 0.652. The summed E-state index contributed by atoms with van der Waals surface area (Å²) in [5.41, 5.74) is 31.7. The first-order chi connectivity index (χ1) is 59.4. The second-order valence-electron chi connectivity index (χ2n) is 30.7. The number of ether oxygens (including phenoxy) is 2. The third-order valence-corrected chi connectivity index (χ3v) is 24.2. The third-order valence-electron chi connectivity index (χ3n) is 24.2. The summed E-state index contributed by atoms with van der Waals surface area (Å²) in [7, 11) is 0. The molecule has 2 spiro atoms. The lowest BCUT2D eigenvalue weighted by atomic mass is 9.66. The van der Waals surface area contributed by atoms with Crippen LogP contribution in [-0.2, 0) is 10.8 Å². The lowest BCUT2D eigenvalue weighted by molar-refractivity contribution is 0.436. The van der Waals surface area contributed by atoms with Crippen molar-refractivity contribution < 1.29 is 9.47 Å². The summed E-state index contributed by atoms with van der Waals surface area (Å²) in [6.45, 7) is 0. The topological polar surface area (TPSA) is 118 Å². The molecule has 2 aliphatic heterocycles. The zero-order chi connectivity index (χ0) is 79.8. The van der Waals surface area contributed by atoms with Crippen molar-refractivity contribution in [1.82, 2.24) is 19.9 Å². The maximum absolute atomic E-state index is 10.6. The van der Waals surface area contributed by atoms with Crippen LogP contribution in [0.3, 0.4) is 0 Å². The molecule has 0 amide bonds. The Kier molecular flexibility index (Phi) is 17.0. The predicted octanol–water partition coefficient (Wildman–Crippen LogP) is 27.5. The van der Waals surface area contributed by atoms with E-state index in [4.69, 9.17) is 29.4 Å². The van der Waals surface area contributed by atoms with Crippen LogP contribution < -0.4 is 9.47 Å². The van der Waals surface area contributed by atoms with Gasteiger partial charge in [0.15, 0.2) is 11.6 Å². The number of nitrogens with zero attached hydrogens (tertiary/aromatic N) is 6. The molecule has 0 saturated heterocycles. The van der Waals surface area contributed by atoms with E-state index in [-0.39, 0.29) is 0 Å². The number of benzene rings is 17. The monoisotopic (exact) mass is 1530 g/mol. The smallest absolute Gasteiger partial charge is 0.160 e. The molecule has 17 aromatic carbocycles. The van der Waals surface area contributed by atoms with Crippen LogP contribution in [0.1, 0.15) is 55.6 Å². The van der Waals surface area contributed by atoms with Gasteiger partial charge >= 0.3 is 0 Å². The summed E-state index contributed by atoms with van der Waals surface area (Å²) in [4.78, 5) is 20.3. The Hall–Kier alpha value is -16.3. The number of rotatable bonds is 10. The van der Waals surface area contributed by atoms with Gasteiger partial charge in [0.25, 0.3) is 0 Å². The molecule has 0 unspecified atom stereocenters. The van der Waals surface area contributed by atoms with E-state index in [9.17, 15) is 10.5 Å². The van der Waals surface area contributed by atoms with E-state index >= 15 is 0 Å². The number of hydrogen-bond acceptors (Lipinski definition) is 8. The Balaban J connectivity index is 0.000000144. The van der Waals surface area contributed by atoms with Gasteiger partial charge in [-0.1, -0.05) is 352 Å². The lowest BCUT2D eigenvalue weighted by Gasteiger charge is -2.39. The highest BCUT2D eigenvalue weighted by molar-refractivity contribution is 6.09. The maximum atomic E-state index is 10.6. The molecule has 19 aromatic rings. The average Bonchev–Trinajstić information content (AvgIpc) is 1.52. The van der Waals surface area contributed by atoms with E-state index in [0.717, 1.165) is 179 Å². The highest BCUT2D eigenvalue weighted by atomic mass is 16.5. The van der Waals surface area contributed by atoms with E-state index in [1.807, 2.05) is 121 Å². The Bertz CT molecular complexity index is 7230. The van der Waals surface area contributed by atoms with Gasteiger partial charge in [0.1, 0.15) is 23.0 Å². The molecule has 2 aliphatic carbocycles. The largest absolute Gasteiger partial charge is 0.457 e. The maximum Gasteiger partial charge on any atom is 0.160 e. The first-order valence-electron chi connectivity index (χ1n) is 40.3. The second-order valence-corrected chi connectivity index (χ2v) is 30.7. The first-order valence-corrected chi connectivity index (χ1v) is 40.3. The molecule has 0 bridgehead atoms. The van der Waals surface area contributed by atoms with Crippen molar-refractivity contribution in [1.29, 1.82) is 10.5 Å². The van der Waals surface area contributed by atoms with E-state index in [0.29, 0.717) is 22.8 Å². The lowest BCUT2D eigenvalue weighted by Crippen LogP contribution is -2.32. The first kappa shape index (κ1) is 70.4. The molecule has 4 heterocycles. The van der Waals surface area contributed by atoms with Gasteiger partial charge in [0, 0.05) is 66.6 Å².